The second kappa shape index (κ2) is 4.64. The van der Waals surface area contributed by atoms with Crippen LogP contribution in [0.1, 0.15) is 11.1 Å². The lowest BCUT2D eigenvalue weighted by atomic mass is 10.1. The standard InChI is InChI=1S/C10H7N3O2/c1-15-9-2-7(4-11)10(13-6-14)8(3-9)5-12/h2-3,6H,1H3,(H,13,14). The Bertz CT molecular complexity index is 434. The average Bonchev–Trinajstić information content (AvgIpc) is 2.29. The zero-order chi connectivity index (χ0) is 11.3. The summed E-state index contributed by atoms with van der Waals surface area (Å²) in [6.45, 7) is 0. The van der Waals surface area contributed by atoms with E-state index >= 15 is 0 Å². The maximum atomic E-state index is 10.3. The summed E-state index contributed by atoms with van der Waals surface area (Å²) in [5.74, 6) is 0.402. The fourth-order valence-corrected chi connectivity index (χ4v) is 1.12. The van der Waals surface area contributed by atoms with Gasteiger partial charge in [0.2, 0.25) is 6.41 Å². The molecule has 0 aliphatic heterocycles. The van der Waals surface area contributed by atoms with Crippen LogP contribution in [0.25, 0.3) is 0 Å². The zero-order valence-corrected chi connectivity index (χ0v) is 7.94. The lowest BCUT2D eigenvalue weighted by Gasteiger charge is -2.07. The number of nitrogens with zero attached hydrogens (tertiary/aromatic N) is 2. The molecule has 15 heavy (non-hydrogen) atoms. The van der Waals surface area contributed by atoms with Crippen molar-refractivity contribution in [1.82, 2.24) is 0 Å². The average molecular weight is 201 g/mol. The van der Waals surface area contributed by atoms with Crippen LogP contribution < -0.4 is 10.1 Å². The first-order chi connectivity index (χ1) is 7.26. The molecular weight excluding hydrogens is 194 g/mol. The molecule has 0 saturated carbocycles. The smallest absolute Gasteiger partial charge is 0.211 e. The van der Waals surface area contributed by atoms with Crippen LogP contribution in [-0.2, 0) is 4.79 Å². The van der Waals surface area contributed by atoms with E-state index in [9.17, 15) is 4.79 Å². The van der Waals surface area contributed by atoms with Gasteiger partial charge in [-0.1, -0.05) is 0 Å². The van der Waals surface area contributed by atoms with Crippen molar-refractivity contribution in [1.29, 1.82) is 10.5 Å². The number of rotatable bonds is 3. The zero-order valence-electron chi connectivity index (χ0n) is 7.94. The number of amides is 1. The lowest BCUT2D eigenvalue weighted by Crippen LogP contribution is -2.00. The summed E-state index contributed by atoms with van der Waals surface area (Å²) in [5.41, 5.74) is 0.590. The maximum absolute atomic E-state index is 10.3. The minimum absolute atomic E-state index is 0.193. The van der Waals surface area contributed by atoms with Gasteiger partial charge in [-0.25, -0.2) is 0 Å². The van der Waals surface area contributed by atoms with Crippen LogP contribution >= 0.6 is 0 Å². The van der Waals surface area contributed by atoms with E-state index in [4.69, 9.17) is 15.3 Å². The lowest BCUT2D eigenvalue weighted by molar-refractivity contribution is -0.105. The minimum Gasteiger partial charge on any atom is -0.497 e. The Labute approximate surface area is 86.5 Å². The van der Waals surface area contributed by atoms with E-state index in [0.29, 0.717) is 12.2 Å². The molecule has 0 heterocycles. The molecule has 0 atom stereocenters. The van der Waals surface area contributed by atoms with Gasteiger partial charge in [-0.15, -0.1) is 0 Å². The van der Waals surface area contributed by atoms with Gasteiger partial charge < -0.3 is 10.1 Å². The van der Waals surface area contributed by atoms with Gasteiger partial charge in [0.05, 0.1) is 23.9 Å². The number of carbonyl (C=O) groups excluding carboxylic acids is 1. The van der Waals surface area contributed by atoms with E-state index in [1.165, 1.54) is 19.2 Å². The molecular formula is C10H7N3O2. The highest BCUT2D eigenvalue weighted by Gasteiger charge is 2.10. The van der Waals surface area contributed by atoms with Crippen molar-refractivity contribution in [3.8, 4) is 17.9 Å². The van der Waals surface area contributed by atoms with Crippen LogP contribution in [0.4, 0.5) is 5.69 Å². The molecule has 0 radical (unpaired) electrons. The number of ether oxygens (including phenoxy) is 1. The number of benzene rings is 1. The Balaban J connectivity index is 3.42. The molecule has 0 saturated heterocycles. The van der Waals surface area contributed by atoms with Crippen molar-refractivity contribution in [2.24, 2.45) is 0 Å². The predicted octanol–water partition coefficient (Wildman–Crippen LogP) is 1.01. The second-order valence-electron chi connectivity index (χ2n) is 2.58. The summed E-state index contributed by atoms with van der Waals surface area (Å²) in [6.07, 6.45) is 0.420. The Hall–Kier alpha value is -2.53. The van der Waals surface area contributed by atoms with Crippen LogP contribution in [0.2, 0.25) is 0 Å². The number of anilines is 1. The SMILES string of the molecule is COc1cc(C#N)c(NC=O)c(C#N)c1. The highest BCUT2D eigenvalue weighted by atomic mass is 16.5. The van der Waals surface area contributed by atoms with Crippen LogP contribution in [0.15, 0.2) is 12.1 Å². The molecule has 0 unspecified atom stereocenters. The van der Waals surface area contributed by atoms with Gasteiger partial charge in [-0.3, -0.25) is 4.79 Å². The van der Waals surface area contributed by atoms with E-state index < -0.39 is 0 Å². The summed E-state index contributed by atoms with van der Waals surface area (Å²) in [4.78, 5) is 10.3. The topological polar surface area (TPSA) is 85.9 Å². The third-order valence-electron chi connectivity index (χ3n) is 1.79. The Morgan fingerprint density at radius 3 is 2.20 bits per heavy atom. The number of carbonyl (C=O) groups is 1. The first-order valence-corrected chi connectivity index (χ1v) is 3.99. The molecule has 0 aromatic heterocycles. The van der Waals surface area contributed by atoms with Gasteiger partial charge in [-0.2, -0.15) is 10.5 Å². The Morgan fingerprint density at radius 2 is 1.87 bits per heavy atom. The summed E-state index contributed by atoms with van der Waals surface area (Å²) in [7, 11) is 1.43. The highest BCUT2D eigenvalue weighted by molar-refractivity contribution is 5.80. The van der Waals surface area contributed by atoms with Gasteiger partial charge in [-0.05, 0) is 0 Å². The second-order valence-corrected chi connectivity index (χ2v) is 2.58. The van der Waals surface area contributed by atoms with Crippen molar-refractivity contribution in [3.63, 3.8) is 0 Å². The van der Waals surface area contributed by atoms with Gasteiger partial charge in [0, 0.05) is 12.1 Å². The third-order valence-corrected chi connectivity index (χ3v) is 1.79. The normalized spacial score (nSPS) is 8.47. The maximum Gasteiger partial charge on any atom is 0.211 e. The number of hydrogen-bond acceptors (Lipinski definition) is 4. The molecule has 0 fully saturated rings. The fourth-order valence-electron chi connectivity index (χ4n) is 1.12. The number of nitriles is 2. The highest BCUT2D eigenvalue weighted by Crippen LogP contribution is 2.25. The molecule has 5 nitrogen and oxygen atoms in total. The Kier molecular flexibility index (Phi) is 3.26. The fraction of sp³-hybridized carbons (Fsp3) is 0.100. The molecule has 5 heteroatoms. The summed E-state index contributed by atoms with van der Waals surface area (Å²) < 4.78 is 4.91. The first-order valence-electron chi connectivity index (χ1n) is 3.99. The Morgan fingerprint density at radius 1 is 1.33 bits per heavy atom. The summed E-state index contributed by atoms with van der Waals surface area (Å²) in [5, 5.41) is 19.9. The van der Waals surface area contributed by atoms with Crippen molar-refractivity contribution >= 4 is 12.1 Å². The third kappa shape index (κ3) is 2.04. The van der Waals surface area contributed by atoms with E-state index in [1.54, 1.807) is 0 Å². The summed E-state index contributed by atoms with van der Waals surface area (Å²) in [6, 6.07) is 6.66. The molecule has 0 spiro atoms. The number of methoxy groups -OCH3 is 1. The van der Waals surface area contributed by atoms with Crippen molar-refractivity contribution in [2.75, 3.05) is 12.4 Å². The van der Waals surface area contributed by atoms with E-state index in [-0.39, 0.29) is 16.8 Å². The predicted molar refractivity (Wildman–Crippen MR) is 52.1 cm³/mol. The molecule has 0 bridgehead atoms. The molecule has 0 aliphatic carbocycles. The quantitative estimate of drug-likeness (QED) is 0.739. The van der Waals surface area contributed by atoms with Crippen molar-refractivity contribution in [2.45, 2.75) is 0 Å². The molecule has 1 N–H and O–H groups in total. The monoisotopic (exact) mass is 201 g/mol. The van der Waals surface area contributed by atoms with Crippen LogP contribution in [0, 0.1) is 22.7 Å². The molecule has 74 valence electrons. The number of nitrogens with one attached hydrogen (secondary N) is 1. The van der Waals surface area contributed by atoms with Crippen LogP contribution in [0.5, 0.6) is 5.75 Å². The first kappa shape index (κ1) is 10.6. The molecule has 0 aliphatic rings. The van der Waals surface area contributed by atoms with Crippen LogP contribution in [-0.4, -0.2) is 13.5 Å². The van der Waals surface area contributed by atoms with Gasteiger partial charge in [0.25, 0.3) is 0 Å². The van der Waals surface area contributed by atoms with Gasteiger partial charge >= 0.3 is 0 Å². The van der Waals surface area contributed by atoms with Crippen molar-refractivity contribution < 1.29 is 9.53 Å². The number of hydrogen-bond donors (Lipinski definition) is 1. The molecule has 1 aromatic rings. The molecule has 1 rings (SSSR count). The molecule has 1 amide bonds. The van der Waals surface area contributed by atoms with E-state index in [1.807, 2.05) is 12.1 Å². The molecule has 1 aromatic carbocycles. The van der Waals surface area contributed by atoms with Gasteiger partial charge in [0.1, 0.15) is 17.9 Å². The van der Waals surface area contributed by atoms with Crippen LogP contribution in [0.3, 0.4) is 0 Å². The van der Waals surface area contributed by atoms with Crippen molar-refractivity contribution in [3.05, 3.63) is 23.3 Å². The summed E-state index contributed by atoms with van der Waals surface area (Å²) >= 11 is 0. The van der Waals surface area contributed by atoms with E-state index in [0.717, 1.165) is 0 Å². The van der Waals surface area contributed by atoms with E-state index in [2.05, 4.69) is 5.32 Å². The minimum atomic E-state index is 0.193. The van der Waals surface area contributed by atoms with Gasteiger partial charge in [0.15, 0.2) is 0 Å². The largest absolute Gasteiger partial charge is 0.497 e.